The minimum Gasteiger partial charge on any atom is -0.495 e. The van der Waals surface area contributed by atoms with Crippen molar-refractivity contribution in [1.82, 2.24) is 4.31 Å². The average Bonchev–Trinajstić information content (AvgIpc) is 3.07. The highest BCUT2D eigenvalue weighted by atomic mass is 32.2. The van der Waals surface area contributed by atoms with E-state index in [0.29, 0.717) is 36.8 Å². The number of sulfonamides is 1. The molecular weight excluding hydrogens is 598 g/mol. The molecule has 250 valence electrons. The van der Waals surface area contributed by atoms with Gasteiger partial charge in [-0.2, -0.15) is 0 Å². The van der Waals surface area contributed by atoms with Crippen LogP contribution < -0.4 is 10.1 Å². The zero-order chi connectivity index (χ0) is 32.9. The molecule has 0 atom stereocenters. The molecule has 3 aromatic carbocycles. The van der Waals surface area contributed by atoms with Gasteiger partial charge in [-0.15, -0.1) is 0 Å². The van der Waals surface area contributed by atoms with E-state index in [1.165, 1.54) is 62.8 Å². The summed E-state index contributed by atoms with van der Waals surface area (Å²) in [6.45, 7) is 3.56. The summed E-state index contributed by atoms with van der Waals surface area (Å²) in [5, 5.41) is 2.81. The van der Waals surface area contributed by atoms with Crippen molar-refractivity contribution in [2.45, 2.75) is 88.9 Å². The number of amidine groups is 1. The molecule has 0 saturated heterocycles. The third-order valence-corrected chi connectivity index (χ3v) is 9.50. The summed E-state index contributed by atoms with van der Waals surface area (Å²) in [4.78, 5) is 17.6. The van der Waals surface area contributed by atoms with E-state index in [1.807, 2.05) is 42.5 Å². The van der Waals surface area contributed by atoms with Gasteiger partial charge in [-0.05, 0) is 37.1 Å². The van der Waals surface area contributed by atoms with Crippen molar-refractivity contribution in [3.8, 4) is 5.75 Å². The van der Waals surface area contributed by atoms with Crippen LogP contribution in [0, 0.1) is 0 Å². The lowest BCUT2D eigenvalue weighted by Gasteiger charge is -2.29. The van der Waals surface area contributed by atoms with Crippen LogP contribution in [0.5, 0.6) is 5.75 Å². The number of unbranched alkanes of at least 4 members (excludes halogenated alkanes) is 9. The highest BCUT2D eigenvalue weighted by Crippen LogP contribution is 2.33. The second kappa shape index (κ2) is 21.2. The van der Waals surface area contributed by atoms with Crippen molar-refractivity contribution in [3.63, 3.8) is 0 Å². The molecule has 0 aliphatic carbocycles. The van der Waals surface area contributed by atoms with E-state index in [-0.39, 0.29) is 29.6 Å². The van der Waals surface area contributed by atoms with Gasteiger partial charge in [0.1, 0.15) is 16.5 Å². The Bertz CT molecular complexity index is 1400. The van der Waals surface area contributed by atoms with Crippen LogP contribution >= 0.6 is 0 Å². The molecule has 9 heteroatoms. The van der Waals surface area contributed by atoms with E-state index in [4.69, 9.17) is 9.47 Å². The van der Waals surface area contributed by atoms with E-state index in [1.54, 1.807) is 42.5 Å². The molecule has 1 amide bonds. The Morgan fingerprint density at radius 3 is 1.96 bits per heavy atom. The van der Waals surface area contributed by atoms with Crippen LogP contribution in [-0.2, 0) is 19.6 Å². The average molecular weight is 650 g/mol. The first-order valence-corrected chi connectivity index (χ1v) is 18.1. The van der Waals surface area contributed by atoms with Gasteiger partial charge in [-0.3, -0.25) is 9.10 Å². The van der Waals surface area contributed by atoms with Crippen molar-refractivity contribution < 1.29 is 22.7 Å². The summed E-state index contributed by atoms with van der Waals surface area (Å²) in [7, 11) is -2.31. The Morgan fingerprint density at radius 1 is 0.739 bits per heavy atom. The molecule has 1 aliphatic rings. The molecular formula is C37H51N3O5S. The van der Waals surface area contributed by atoms with Gasteiger partial charge in [-0.25, -0.2) is 13.4 Å². The maximum Gasteiger partial charge on any atom is 0.267 e. The number of hydrogen-bond donors (Lipinski definition) is 1. The predicted molar refractivity (Wildman–Crippen MR) is 187 cm³/mol. The number of anilines is 1. The Balaban J connectivity index is 0.000000858. The number of aliphatic imine (C=N–C) groups is 1. The van der Waals surface area contributed by atoms with Gasteiger partial charge in [-0.1, -0.05) is 125 Å². The fourth-order valence-electron chi connectivity index (χ4n) is 5.17. The molecule has 46 heavy (non-hydrogen) atoms. The lowest BCUT2D eigenvalue weighted by molar-refractivity contribution is -0.115. The first-order chi connectivity index (χ1) is 22.5. The number of ether oxygens (including phenoxy) is 2. The molecule has 0 radical (unpaired) electrons. The largest absolute Gasteiger partial charge is 0.495 e. The monoisotopic (exact) mass is 649 g/mol. The number of hydrogen-bond acceptors (Lipinski definition) is 6. The summed E-state index contributed by atoms with van der Waals surface area (Å²) in [6, 6.07) is 25.7. The van der Waals surface area contributed by atoms with Crippen molar-refractivity contribution in [2.24, 2.45) is 4.99 Å². The molecule has 3 aromatic rings. The summed E-state index contributed by atoms with van der Waals surface area (Å²) in [5.74, 6) is 0.344. The minimum absolute atomic E-state index is 0.148. The molecule has 0 aromatic heterocycles. The number of carbonyl (C=O) groups excluding carboxylic acids is 1. The van der Waals surface area contributed by atoms with Crippen molar-refractivity contribution >= 4 is 33.1 Å². The lowest BCUT2D eigenvalue weighted by atomic mass is 10.1. The maximum absolute atomic E-state index is 13.5. The summed E-state index contributed by atoms with van der Waals surface area (Å²) >= 11 is 0. The minimum atomic E-state index is -3.84. The van der Waals surface area contributed by atoms with Crippen LogP contribution in [0.3, 0.4) is 0 Å². The van der Waals surface area contributed by atoms with Crippen LogP contribution in [0.15, 0.2) is 94.8 Å². The van der Waals surface area contributed by atoms with Crippen molar-refractivity contribution in [3.05, 3.63) is 84.9 Å². The Labute approximate surface area is 276 Å². The molecule has 0 fully saturated rings. The van der Waals surface area contributed by atoms with Crippen LogP contribution in [0.25, 0.3) is 0 Å². The number of amides is 1. The Hall–Kier alpha value is -3.69. The number of benzene rings is 3. The SMILES string of the molecule is CCCCCCCCCCCCOCCCN1C(CC(=O)Nc2ccccc2OC)=Nc2ccccc2S1(=O)=O.c1ccccc1. The second-order valence-corrected chi connectivity index (χ2v) is 13.1. The van der Waals surface area contributed by atoms with Gasteiger partial charge in [0.15, 0.2) is 0 Å². The van der Waals surface area contributed by atoms with Gasteiger partial charge in [0, 0.05) is 19.8 Å². The number of nitrogens with zero attached hydrogens (tertiary/aromatic N) is 2. The van der Waals surface area contributed by atoms with Crippen LogP contribution in [-0.4, -0.2) is 51.3 Å². The van der Waals surface area contributed by atoms with Gasteiger partial charge >= 0.3 is 0 Å². The molecule has 8 nitrogen and oxygen atoms in total. The number of carbonyl (C=O) groups is 1. The topological polar surface area (TPSA) is 97.3 Å². The van der Waals surface area contributed by atoms with Gasteiger partial charge in [0.25, 0.3) is 10.0 Å². The van der Waals surface area contributed by atoms with Crippen LogP contribution in [0.1, 0.15) is 84.0 Å². The molecule has 1 heterocycles. The quantitative estimate of drug-likeness (QED) is 0.131. The fraction of sp³-hybridized carbons (Fsp3) is 0.459. The molecule has 0 spiro atoms. The van der Waals surface area contributed by atoms with Crippen LogP contribution in [0.2, 0.25) is 0 Å². The number of methoxy groups -OCH3 is 1. The third-order valence-electron chi connectivity index (χ3n) is 7.63. The number of fused-ring (bicyclic) bond motifs is 1. The smallest absolute Gasteiger partial charge is 0.267 e. The molecule has 0 unspecified atom stereocenters. The molecule has 0 bridgehead atoms. The zero-order valence-electron chi connectivity index (χ0n) is 27.5. The van der Waals surface area contributed by atoms with Crippen molar-refractivity contribution in [2.75, 3.05) is 32.2 Å². The molecule has 0 saturated carbocycles. The summed E-state index contributed by atoms with van der Waals surface area (Å²) in [5.41, 5.74) is 0.859. The highest BCUT2D eigenvalue weighted by molar-refractivity contribution is 7.90. The first-order valence-electron chi connectivity index (χ1n) is 16.7. The normalized spacial score (nSPS) is 13.2. The number of nitrogens with one attached hydrogen (secondary N) is 1. The lowest BCUT2D eigenvalue weighted by Crippen LogP contribution is -2.41. The summed E-state index contributed by atoms with van der Waals surface area (Å²) in [6.07, 6.45) is 13.0. The fourth-order valence-corrected chi connectivity index (χ4v) is 6.79. The van der Waals surface area contributed by atoms with E-state index in [0.717, 1.165) is 12.8 Å². The van der Waals surface area contributed by atoms with Gasteiger partial charge < -0.3 is 14.8 Å². The van der Waals surface area contributed by atoms with E-state index in [2.05, 4.69) is 17.2 Å². The van der Waals surface area contributed by atoms with E-state index in [9.17, 15) is 13.2 Å². The highest BCUT2D eigenvalue weighted by Gasteiger charge is 2.34. The maximum atomic E-state index is 13.5. The zero-order valence-corrected chi connectivity index (χ0v) is 28.3. The second-order valence-electron chi connectivity index (χ2n) is 11.3. The Kier molecular flexibility index (Phi) is 16.9. The molecule has 1 aliphatic heterocycles. The predicted octanol–water partition coefficient (Wildman–Crippen LogP) is 8.77. The van der Waals surface area contributed by atoms with Gasteiger partial charge in [0.05, 0.1) is 24.9 Å². The van der Waals surface area contributed by atoms with Gasteiger partial charge in [0.2, 0.25) is 5.91 Å². The molecule has 4 rings (SSSR count). The number of rotatable bonds is 19. The number of para-hydroxylation sites is 3. The van der Waals surface area contributed by atoms with Crippen molar-refractivity contribution in [1.29, 1.82) is 0 Å². The van der Waals surface area contributed by atoms with E-state index >= 15 is 0 Å². The van der Waals surface area contributed by atoms with Crippen LogP contribution in [0.4, 0.5) is 11.4 Å². The third kappa shape index (κ3) is 12.6. The first kappa shape index (κ1) is 36.8. The summed E-state index contributed by atoms with van der Waals surface area (Å²) < 4.78 is 39.3. The molecule has 1 N–H and O–H groups in total. The standard InChI is InChI=1S/C31H45N3O5S.C6H6/c1-3-4-5-6-7-8-9-10-11-16-23-39-24-17-22-34-30(32-27-19-13-15-21-29(27)40(34,36)37)25-31(35)33-26-18-12-14-20-28(26)38-2;1-2-4-6-5-3-1/h12-15,18-21H,3-11,16-17,22-25H2,1-2H3,(H,33,35);1-6H. The van der Waals surface area contributed by atoms with E-state index < -0.39 is 10.0 Å². The Morgan fingerprint density at radius 2 is 1.30 bits per heavy atom.